The standard InChI is InChI=1S/C19H22N2O5S/c1-13-9-17(25-3)18(26-4)10-14(13)11-20(2)19(22)12-27-16-7-5-15(6-8-16)21(23)24/h5-10H,11-12H2,1-4H3. The Morgan fingerprint density at radius 2 is 1.74 bits per heavy atom. The molecule has 0 saturated carbocycles. The van der Waals surface area contributed by atoms with Crippen LogP contribution in [0.25, 0.3) is 0 Å². The predicted octanol–water partition coefficient (Wildman–Crippen LogP) is 3.67. The molecule has 0 heterocycles. The van der Waals surface area contributed by atoms with Crippen LogP contribution in [0.4, 0.5) is 5.69 Å². The molecule has 27 heavy (non-hydrogen) atoms. The Bertz CT molecular complexity index is 824. The summed E-state index contributed by atoms with van der Waals surface area (Å²) in [7, 11) is 4.91. The molecule has 2 aromatic rings. The molecule has 0 aromatic heterocycles. The summed E-state index contributed by atoms with van der Waals surface area (Å²) in [6, 6.07) is 9.93. The van der Waals surface area contributed by atoms with Crippen molar-refractivity contribution in [1.82, 2.24) is 4.90 Å². The van der Waals surface area contributed by atoms with E-state index >= 15 is 0 Å². The summed E-state index contributed by atoms with van der Waals surface area (Å²) in [4.78, 5) is 25.1. The van der Waals surface area contributed by atoms with Gasteiger partial charge in [0.25, 0.3) is 5.69 Å². The fourth-order valence-corrected chi connectivity index (χ4v) is 3.30. The lowest BCUT2D eigenvalue weighted by Gasteiger charge is -2.20. The number of non-ortho nitro benzene ring substituents is 1. The van der Waals surface area contributed by atoms with Crippen molar-refractivity contribution in [1.29, 1.82) is 0 Å². The van der Waals surface area contributed by atoms with Gasteiger partial charge in [0.05, 0.1) is 24.9 Å². The van der Waals surface area contributed by atoms with Gasteiger partial charge in [-0.3, -0.25) is 14.9 Å². The van der Waals surface area contributed by atoms with Crippen molar-refractivity contribution in [2.24, 2.45) is 0 Å². The van der Waals surface area contributed by atoms with E-state index in [9.17, 15) is 14.9 Å². The van der Waals surface area contributed by atoms with Crippen molar-refractivity contribution in [3.05, 3.63) is 57.6 Å². The number of carbonyl (C=O) groups excluding carboxylic acids is 1. The van der Waals surface area contributed by atoms with Gasteiger partial charge >= 0.3 is 0 Å². The SMILES string of the molecule is COc1cc(C)c(CN(C)C(=O)CSc2ccc([N+](=O)[O-])cc2)cc1OC. The molecule has 0 unspecified atom stereocenters. The first kappa shape index (κ1) is 20.6. The first-order chi connectivity index (χ1) is 12.8. The monoisotopic (exact) mass is 390 g/mol. The highest BCUT2D eigenvalue weighted by atomic mass is 32.2. The molecule has 0 N–H and O–H groups in total. The molecule has 8 heteroatoms. The Kier molecular flexibility index (Phi) is 7.06. The summed E-state index contributed by atoms with van der Waals surface area (Å²) in [5.74, 6) is 1.49. The lowest BCUT2D eigenvalue weighted by Crippen LogP contribution is -2.28. The number of nitro groups is 1. The summed E-state index contributed by atoms with van der Waals surface area (Å²) >= 11 is 1.35. The molecule has 0 saturated heterocycles. The Balaban J connectivity index is 1.98. The molecule has 0 atom stereocenters. The highest BCUT2D eigenvalue weighted by Gasteiger charge is 2.14. The first-order valence-electron chi connectivity index (χ1n) is 8.18. The van der Waals surface area contributed by atoms with Gasteiger partial charge in [-0.1, -0.05) is 0 Å². The minimum Gasteiger partial charge on any atom is -0.493 e. The molecule has 0 aliphatic carbocycles. The van der Waals surface area contributed by atoms with Crippen LogP contribution in [0, 0.1) is 17.0 Å². The van der Waals surface area contributed by atoms with Crippen molar-refractivity contribution in [3.8, 4) is 11.5 Å². The quantitative estimate of drug-likeness (QED) is 0.389. The normalized spacial score (nSPS) is 10.4. The zero-order chi connectivity index (χ0) is 20.0. The van der Waals surface area contributed by atoms with Gasteiger partial charge in [0.1, 0.15) is 0 Å². The predicted molar refractivity (Wildman–Crippen MR) is 105 cm³/mol. The number of benzene rings is 2. The number of aryl methyl sites for hydroxylation is 1. The Morgan fingerprint density at radius 1 is 1.15 bits per heavy atom. The number of nitrogens with zero attached hydrogens (tertiary/aromatic N) is 2. The summed E-state index contributed by atoms with van der Waals surface area (Å²) in [6.07, 6.45) is 0. The van der Waals surface area contributed by atoms with E-state index in [0.717, 1.165) is 16.0 Å². The van der Waals surface area contributed by atoms with Crippen LogP contribution in [0.3, 0.4) is 0 Å². The second kappa shape index (κ2) is 9.27. The van der Waals surface area contributed by atoms with Gasteiger partial charge in [-0.25, -0.2) is 0 Å². The number of methoxy groups -OCH3 is 2. The molecule has 7 nitrogen and oxygen atoms in total. The van der Waals surface area contributed by atoms with Gasteiger partial charge in [-0.15, -0.1) is 11.8 Å². The van der Waals surface area contributed by atoms with Gasteiger partial charge in [0.2, 0.25) is 5.91 Å². The van der Waals surface area contributed by atoms with Gasteiger partial charge in [-0.05, 0) is 42.3 Å². The van der Waals surface area contributed by atoms with E-state index in [0.29, 0.717) is 18.0 Å². The van der Waals surface area contributed by atoms with Crippen LogP contribution >= 0.6 is 11.8 Å². The van der Waals surface area contributed by atoms with E-state index in [2.05, 4.69) is 0 Å². The van der Waals surface area contributed by atoms with Gasteiger partial charge < -0.3 is 14.4 Å². The van der Waals surface area contributed by atoms with Crippen LogP contribution in [0.1, 0.15) is 11.1 Å². The molecule has 0 radical (unpaired) electrons. The number of hydrogen-bond donors (Lipinski definition) is 0. The lowest BCUT2D eigenvalue weighted by molar-refractivity contribution is -0.384. The zero-order valence-corrected chi connectivity index (χ0v) is 16.5. The molecule has 144 valence electrons. The maximum atomic E-state index is 12.4. The molecule has 0 aliphatic rings. The van der Waals surface area contributed by atoms with Crippen molar-refractivity contribution < 1.29 is 19.2 Å². The van der Waals surface area contributed by atoms with E-state index in [4.69, 9.17) is 9.47 Å². The molecule has 2 aromatic carbocycles. The number of rotatable bonds is 8. The minimum atomic E-state index is -0.446. The highest BCUT2D eigenvalue weighted by Crippen LogP contribution is 2.31. The van der Waals surface area contributed by atoms with Crippen molar-refractivity contribution in [2.45, 2.75) is 18.4 Å². The van der Waals surface area contributed by atoms with E-state index in [1.165, 1.54) is 23.9 Å². The van der Waals surface area contributed by atoms with Gasteiger partial charge in [0.15, 0.2) is 11.5 Å². The zero-order valence-electron chi connectivity index (χ0n) is 15.7. The third-order valence-electron chi connectivity index (χ3n) is 4.09. The average Bonchev–Trinajstić information content (AvgIpc) is 2.67. The van der Waals surface area contributed by atoms with Crippen LogP contribution in [0.15, 0.2) is 41.3 Å². The molecule has 0 fully saturated rings. The Morgan fingerprint density at radius 3 is 2.30 bits per heavy atom. The van der Waals surface area contributed by atoms with Crippen molar-refractivity contribution in [3.63, 3.8) is 0 Å². The number of thioether (sulfide) groups is 1. The lowest BCUT2D eigenvalue weighted by atomic mass is 10.1. The van der Waals surface area contributed by atoms with Crippen LogP contribution in [-0.2, 0) is 11.3 Å². The van der Waals surface area contributed by atoms with E-state index in [-0.39, 0.29) is 17.3 Å². The van der Waals surface area contributed by atoms with Crippen LogP contribution < -0.4 is 9.47 Å². The first-order valence-corrected chi connectivity index (χ1v) is 9.17. The smallest absolute Gasteiger partial charge is 0.269 e. The molecule has 1 amide bonds. The molecule has 0 aliphatic heterocycles. The third-order valence-corrected chi connectivity index (χ3v) is 5.08. The molecular formula is C19H22N2O5S. The highest BCUT2D eigenvalue weighted by molar-refractivity contribution is 8.00. The fourth-order valence-electron chi connectivity index (χ4n) is 2.46. The van der Waals surface area contributed by atoms with Crippen LogP contribution in [-0.4, -0.2) is 42.8 Å². The van der Waals surface area contributed by atoms with E-state index < -0.39 is 4.92 Å². The maximum Gasteiger partial charge on any atom is 0.269 e. The minimum absolute atomic E-state index is 0.0340. The van der Waals surface area contributed by atoms with Crippen molar-refractivity contribution in [2.75, 3.05) is 27.0 Å². The third kappa shape index (κ3) is 5.37. The summed E-state index contributed by atoms with van der Waals surface area (Å²) in [6.45, 7) is 2.41. The molecule has 2 rings (SSSR count). The molecule has 0 bridgehead atoms. The summed E-state index contributed by atoms with van der Waals surface area (Å²) < 4.78 is 10.6. The van der Waals surface area contributed by atoms with Crippen LogP contribution in [0.2, 0.25) is 0 Å². The Labute approximate surface area is 162 Å². The number of amides is 1. The Hall–Kier alpha value is -2.74. The molecular weight excluding hydrogens is 368 g/mol. The van der Waals surface area contributed by atoms with E-state index in [1.807, 2.05) is 19.1 Å². The van der Waals surface area contributed by atoms with Crippen molar-refractivity contribution >= 4 is 23.4 Å². The second-order valence-electron chi connectivity index (χ2n) is 5.92. The van der Waals surface area contributed by atoms with Gasteiger partial charge in [0, 0.05) is 30.6 Å². The topological polar surface area (TPSA) is 81.9 Å². The van der Waals surface area contributed by atoms with E-state index in [1.54, 1.807) is 38.3 Å². The van der Waals surface area contributed by atoms with Gasteiger partial charge in [-0.2, -0.15) is 0 Å². The number of ether oxygens (including phenoxy) is 2. The number of carbonyl (C=O) groups is 1. The van der Waals surface area contributed by atoms with Crippen LogP contribution in [0.5, 0.6) is 11.5 Å². The molecule has 0 spiro atoms. The average molecular weight is 390 g/mol. The number of nitro benzene ring substituents is 1. The second-order valence-corrected chi connectivity index (χ2v) is 6.97. The summed E-state index contributed by atoms with van der Waals surface area (Å²) in [5.41, 5.74) is 2.02. The largest absolute Gasteiger partial charge is 0.493 e. The number of hydrogen-bond acceptors (Lipinski definition) is 6. The summed E-state index contributed by atoms with van der Waals surface area (Å²) in [5, 5.41) is 10.7. The maximum absolute atomic E-state index is 12.4. The fraction of sp³-hybridized carbons (Fsp3) is 0.316.